The highest BCUT2D eigenvalue weighted by Crippen LogP contribution is 2.32. The molecular weight excluding hydrogens is 424 g/mol. The van der Waals surface area contributed by atoms with Crippen molar-refractivity contribution in [2.24, 2.45) is 0 Å². The second kappa shape index (κ2) is 8.34. The molecule has 4 rings (SSSR count). The van der Waals surface area contributed by atoms with E-state index in [1.54, 1.807) is 7.11 Å². The number of anilines is 2. The minimum atomic E-state index is -0.296. The average Bonchev–Trinajstić information content (AvgIpc) is 3.08. The highest BCUT2D eigenvalue weighted by Gasteiger charge is 2.23. The maximum absolute atomic E-state index is 13.1. The lowest BCUT2D eigenvalue weighted by molar-refractivity contribution is 0.0992. The van der Waals surface area contributed by atoms with Crippen LogP contribution in [0.1, 0.15) is 16.1 Å². The van der Waals surface area contributed by atoms with Crippen LogP contribution >= 0.6 is 15.9 Å². The van der Waals surface area contributed by atoms with Gasteiger partial charge in [0.15, 0.2) is 5.76 Å². The van der Waals surface area contributed by atoms with E-state index in [0.717, 1.165) is 39.9 Å². The van der Waals surface area contributed by atoms with Crippen LogP contribution in [0.4, 0.5) is 11.4 Å². The number of morpholine rings is 1. The summed E-state index contributed by atoms with van der Waals surface area (Å²) in [5, 5.41) is 3.91. The van der Waals surface area contributed by atoms with Crippen LogP contribution in [0.5, 0.6) is 0 Å². The number of fused-ring (bicyclic) bond motifs is 1. The van der Waals surface area contributed by atoms with E-state index in [1.807, 2.05) is 42.5 Å². The van der Waals surface area contributed by atoms with Crippen molar-refractivity contribution in [2.45, 2.75) is 6.61 Å². The van der Waals surface area contributed by atoms with Crippen LogP contribution in [0.15, 0.2) is 51.4 Å². The van der Waals surface area contributed by atoms with E-state index in [0.29, 0.717) is 25.4 Å². The number of methoxy groups -OCH3 is 1. The Labute approximate surface area is 171 Å². The van der Waals surface area contributed by atoms with Crippen molar-refractivity contribution in [3.05, 3.63) is 58.3 Å². The normalized spacial score (nSPS) is 14.4. The molecule has 2 heterocycles. The van der Waals surface area contributed by atoms with Gasteiger partial charge in [-0.15, -0.1) is 0 Å². The molecule has 146 valence electrons. The van der Waals surface area contributed by atoms with E-state index < -0.39 is 0 Å². The van der Waals surface area contributed by atoms with E-state index in [1.165, 1.54) is 0 Å². The molecule has 0 atom stereocenters. The predicted molar refractivity (Wildman–Crippen MR) is 112 cm³/mol. The lowest BCUT2D eigenvalue weighted by Gasteiger charge is -2.30. The standard InChI is InChI=1S/C21H21BrN2O4/c1-26-13-16-15-4-2-3-5-19(15)28-20(16)21(25)23-17-12-14(22)6-7-18(17)24-8-10-27-11-9-24/h2-7,12H,8-11,13H2,1H3,(H,23,25). The minimum Gasteiger partial charge on any atom is -0.451 e. The number of benzene rings is 2. The topological polar surface area (TPSA) is 63.9 Å². The fourth-order valence-electron chi connectivity index (χ4n) is 3.44. The molecule has 0 spiro atoms. The van der Waals surface area contributed by atoms with Gasteiger partial charge < -0.3 is 24.1 Å². The van der Waals surface area contributed by atoms with Gasteiger partial charge in [-0.1, -0.05) is 34.1 Å². The van der Waals surface area contributed by atoms with Gasteiger partial charge in [0.25, 0.3) is 5.91 Å². The summed E-state index contributed by atoms with van der Waals surface area (Å²) in [6.07, 6.45) is 0. The molecule has 1 aliphatic rings. The number of rotatable bonds is 5. The molecule has 0 saturated carbocycles. The summed E-state index contributed by atoms with van der Waals surface area (Å²) in [6, 6.07) is 13.5. The van der Waals surface area contributed by atoms with Crippen molar-refractivity contribution in [3.63, 3.8) is 0 Å². The van der Waals surface area contributed by atoms with Crippen LogP contribution in [0.2, 0.25) is 0 Å². The fraction of sp³-hybridized carbons (Fsp3) is 0.286. The summed E-state index contributed by atoms with van der Waals surface area (Å²) in [5.74, 6) is -0.0215. The first-order valence-electron chi connectivity index (χ1n) is 9.10. The summed E-state index contributed by atoms with van der Waals surface area (Å²) < 4.78 is 17.5. The van der Waals surface area contributed by atoms with Crippen molar-refractivity contribution >= 4 is 44.2 Å². The summed E-state index contributed by atoms with van der Waals surface area (Å²) >= 11 is 3.50. The number of ether oxygens (including phenoxy) is 2. The van der Waals surface area contributed by atoms with Crippen LogP contribution in [-0.2, 0) is 16.1 Å². The second-order valence-electron chi connectivity index (χ2n) is 6.55. The number of amides is 1. The zero-order valence-electron chi connectivity index (χ0n) is 15.5. The van der Waals surface area contributed by atoms with Gasteiger partial charge in [0, 0.05) is 35.6 Å². The monoisotopic (exact) mass is 444 g/mol. The number of nitrogens with zero attached hydrogens (tertiary/aromatic N) is 1. The van der Waals surface area contributed by atoms with Crippen LogP contribution < -0.4 is 10.2 Å². The lowest BCUT2D eigenvalue weighted by Crippen LogP contribution is -2.36. The fourth-order valence-corrected chi connectivity index (χ4v) is 3.80. The quantitative estimate of drug-likeness (QED) is 0.630. The molecule has 1 saturated heterocycles. The van der Waals surface area contributed by atoms with Gasteiger partial charge in [0.2, 0.25) is 0 Å². The molecule has 6 nitrogen and oxygen atoms in total. The number of carbonyl (C=O) groups excluding carboxylic acids is 1. The molecule has 1 fully saturated rings. The number of nitrogens with one attached hydrogen (secondary N) is 1. The van der Waals surface area contributed by atoms with Gasteiger partial charge in [-0.3, -0.25) is 4.79 Å². The third-order valence-corrected chi connectivity index (χ3v) is 5.25. The molecular formula is C21H21BrN2O4. The molecule has 1 N–H and O–H groups in total. The van der Waals surface area contributed by atoms with E-state index in [2.05, 4.69) is 26.1 Å². The number of furan rings is 1. The van der Waals surface area contributed by atoms with E-state index in [4.69, 9.17) is 13.9 Å². The molecule has 0 aliphatic carbocycles. The highest BCUT2D eigenvalue weighted by molar-refractivity contribution is 9.10. The molecule has 0 radical (unpaired) electrons. The Kier molecular flexibility index (Phi) is 5.66. The van der Waals surface area contributed by atoms with Crippen LogP contribution in [-0.4, -0.2) is 39.3 Å². The Hall–Kier alpha value is -2.35. The Bertz CT molecular complexity index is 995. The smallest absolute Gasteiger partial charge is 0.291 e. The number of hydrogen-bond donors (Lipinski definition) is 1. The lowest BCUT2D eigenvalue weighted by atomic mass is 10.1. The van der Waals surface area contributed by atoms with Crippen LogP contribution in [0.3, 0.4) is 0 Å². The number of carbonyl (C=O) groups is 1. The molecule has 2 aromatic carbocycles. The molecule has 0 unspecified atom stereocenters. The Morgan fingerprint density at radius 1 is 1.21 bits per heavy atom. The maximum Gasteiger partial charge on any atom is 0.291 e. The van der Waals surface area contributed by atoms with Crippen molar-refractivity contribution < 1.29 is 18.7 Å². The summed E-state index contributed by atoms with van der Waals surface area (Å²) in [4.78, 5) is 15.3. The SMILES string of the molecule is COCc1c(C(=O)Nc2cc(Br)ccc2N2CCOCC2)oc2ccccc12. The largest absolute Gasteiger partial charge is 0.451 e. The van der Waals surface area contributed by atoms with E-state index in [-0.39, 0.29) is 11.7 Å². The van der Waals surface area contributed by atoms with E-state index in [9.17, 15) is 4.79 Å². The summed E-state index contributed by atoms with van der Waals surface area (Å²) in [7, 11) is 1.61. The van der Waals surface area contributed by atoms with Crippen molar-refractivity contribution in [3.8, 4) is 0 Å². The number of halogens is 1. The molecule has 28 heavy (non-hydrogen) atoms. The van der Waals surface area contributed by atoms with Crippen molar-refractivity contribution in [1.82, 2.24) is 0 Å². The van der Waals surface area contributed by atoms with Gasteiger partial charge in [-0.25, -0.2) is 0 Å². The first-order valence-corrected chi connectivity index (χ1v) is 9.89. The molecule has 7 heteroatoms. The summed E-state index contributed by atoms with van der Waals surface area (Å²) in [5.41, 5.74) is 3.11. The minimum absolute atomic E-state index is 0.274. The van der Waals surface area contributed by atoms with Gasteiger partial charge in [-0.2, -0.15) is 0 Å². The number of hydrogen-bond acceptors (Lipinski definition) is 5. The van der Waals surface area contributed by atoms with Crippen LogP contribution in [0, 0.1) is 0 Å². The van der Waals surface area contributed by atoms with Crippen molar-refractivity contribution in [2.75, 3.05) is 43.6 Å². The first kappa shape index (κ1) is 19.0. The molecule has 3 aromatic rings. The van der Waals surface area contributed by atoms with Crippen LogP contribution in [0.25, 0.3) is 11.0 Å². The third kappa shape index (κ3) is 3.78. The van der Waals surface area contributed by atoms with Crippen molar-refractivity contribution in [1.29, 1.82) is 0 Å². The highest BCUT2D eigenvalue weighted by atomic mass is 79.9. The van der Waals surface area contributed by atoms with Gasteiger partial charge >= 0.3 is 0 Å². The average molecular weight is 445 g/mol. The zero-order valence-corrected chi connectivity index (χ0v) is 17.1. The third-order valence-electron chi connectivity index (χ3n) is 4.75. The zero-order chi connectivity index (χ0) is 19.5. The first-order chi connectivity index (χ1) is 13.7. The maximum atomic E-state index is 13.1. The Balaban J connectivity index is 1.68. The van der Waals surface area contributed by atoms with Gasteiger partial charge in [0.05, 0.1) is 31.2 Å². The molecule has 1 amide bonds. The van der Waals surface area contributed by atoms with E-state index >= 15 is 0 Å². The second-order valence-corrected chi connectivity index (χ2v) is 7.47. The molecule has 1 aromatic heterocycles. The summed E-state index contributed by atoms with van der Waals surface area (Å²) in [6.45, 7) is 3.21. The van der Waals surface area contributed by atoms with Gasteiger partial charge in [-0.05, 0) is 24.3 Å². The molecule has 1 aliphatic heterocycles. The Morgan fingerprint density at radius 3 is 2.79 bits per heavy atom. The molecule has 0 bridgehead atoms. The predicted octanol–water partition coefficient (Wildman–Crippen LogP) is 4.43. The van der Waals surface area contributed by atoms with Gasteiger partial charge in [0.1, 0.15) is 5.58 Å². The number of para-hydroxylation sites is 1. The Morgan fingerprint density at radius 2 is 2.00 bits per heavy atom.